The third kappa shape index (κ3) is 4.46. The number of rotatable bonds is 6. The van der Waals surface area contributed by atoms with Crippen LogP contribution >= 0.6 is 11.6 Å². The van der Waals surface area contributed by atoms with Gasteiger partial charge in [-0.05, 0) is 66.4 Å². The SMILES string of the molecule is COc1cc(C=C(C#N)c2nc3cc(C)c(C)cc3[nH]2)cc(Cl)c1OCc1ccccc1. The maximum absolute atomic E-state index is 9.77. The number of hydrogen-bond donors (Lipinski definition) is 1. The summed E-state index contributed by atoms with van der Waals surface area (Å²) in [5.41, 5.74) is 6.17. The third-order valence-corrected chi connectivity index (χ3v) is 5.54. The first-order chi connectivity index (χ1) is 15.5. The summed E-state index contributed by atoms with van der Waals surface area (Å²) in [4.78, 5) is 7.83. The summed E-state index contributed by atoms with van der Waals surface area (Å²) >= 11 is 6.51. The molecule has 3 aromatic carbocycles. The first-order valence-electron chi connectivity index (χ1n) is 10.1. The Bertz CT molecular complexity index is 1310. The predicted octanol–water partition coefficient (Wildman–Crippen LogP) is 6.48. The van der Waals surface area contributed by atoms with E-state index in [1.807, 2.05) is 56.3 Å². The average Bonchev–Trinajstić information content (AvgIpc) is 3.19. The fourth-order valence-electron chi connectivity index (χ4n) is 3.41. The molecule has 1 aromatic heterocycles. The largest absolute Gasteiger partial charge is 0.493 e. The van der Waals surface area contributed by atoms with Crippen LogP contribution in [0.3, 0.4) is 0 Å². The van der Waals surface area contributed by atoms with Gasteiger partial charge in [0.2, 0.25) is 0 Å². The van der Waals surface area contributed by atoms with Gasteiger partial charge in [-0.25, -0.2) is 4.98 Å². The van der Waals surface area contributed by atoms with E-state index in [4.69, 9.17) is 21.1 Å². The van der Waals surface area contributed by atoms with E-state index < -0.39 is 0 Å². The molecule has 0 aliphatic heterocycles. The number of aromatic amines is 1. The van der Waals surface area contributed by atoms with E-state index in [1.54, 1.807) is 25.3 Å². The monoisotopic (exact) mass is 443 g/mol. The van der Waals surface area contributed by atoms with E-state index in [2.05, 4.69) is 16.0 Å². The van der Waals surface area contributed by atoms with Crippen LogP contribution in [0.4, 0.5) is 0 Å². The summed E-state index contributed by atoms with van der Waals surface area (Å²) in [6, 6.07) is 19.6. The van der Waals surface area contributed by atoms with Gasteiger partial charge in [-0.1, -0.05) is 41.9 Å². The van der Waals surface area contributed by atoms with Crippen LogP contribution < -0.4 is 9.47 Å². The molecule has 5 nitrogen and oxygen atoms in total. The van der Waals surface area contributed by atoms with E-state index in [1.165, 1.54) is 0 Å². The minimum absolute atomic E-state index is 0.368. The fourth-order valence-corrected chi connectivity index (χ4v) is 3.68. The lowest BCUT2D eigenvalue weighted by Gasteiger charge is -2.13. The number of aromatic nitrogens is 2. The van der Waals surface area contributed by atoms with Gasteiger partial charge in [-0.2, -0.15) is 5.26 Å². The average molecular weight is 444 g/mol. The van der Waals surface area contributed by atoms with E-state index in [0.717, 1.165) is 27.7 Å². The number of hydrogen-bond acceptors (Lipinski definition) is 4. The normalized spacial score (nSPS) is 11.4. The smallest absolute Gasteiger partial charge is 0.180 e. The number of nitriles is 1. The second-order valence-corrected chi connectivity index (χ2v) is 7.92. The van der Waals surface area contributed by atoms with Crippen LogP contribution in [0.2, 0.25) is 5.02 Å². The second-order valence-electron chi connectivity index (χ2n) is 7.52. The number of nitrogens with zero attached hydrogens (tertiary/aromatic N) is 2. The van der Waals surface area contributed by atoms with Gasteiger partial charge >= 0.3 is 0 Å². The number of ether oxygens (including phenoxy) is 2. The summed E-state index contributed by atoms with van der Waals surface area (Å²) in [5, 5.41) is 10.2. The molecule has 0 aliphatic carbocycles. The zero-order valence-corrected chi connectivity index (χ0v) is 18.8. The van der Waals surface area contributed by atoms with Crippen LogP contribution in [0, 0.1) is 25.2 Å². The highest BCUT2D eigenvalue weighted by Crippen LogP contribution is 2.38. The number of nitrogens with one attached hydrogen (secondary N) is 1. The van der Waals surface area contributed by atoms with Gasteiger partial charge in [-0.3, -0.25) is 0 Å². The molecule has 0 aliphatic rings. The van der Waals surface area contributed by atoms with Crippen LogP contribution in [0.15, 0.2) is 54.6 Å². The quantitative estimate of drug-likeness (QED) is 0.346. The summed E-state index contributed by atoms with van der Waals surface area (Å²) in [7, 11) is 1.56. The van der Waals surface area contributed by atoms with Gasteiger partial charge in [0.25, 0.3) is 0 Å². The number of fused-ring (bicyclic) bond motifs is 1. The fraction of sp³-hybridized carbons (Fsp3) is 0.154. The van der Waals surface area contributed by atoms with Crippen LogP contribution in [0.25, 0.3) is 22.7 Å². The van der Waals surface area contributed by atoms with Crippen molar-refractivity contribution in [3.63, 3.8) is 0 Å². The number of allylic oxidation sites excluding steroid dienone is 1. The number of H-pyrrole nitrogens is 1. The molecule has 0 amide bonds. The number of methoxy groups -OCH3 is 1. The summed E-state index contributed by atoms with van der Waals surface area (Å²) in [6.07, 6.45) is 1.73. The number of imidazole rings is 1. The van der Waals surface area contributed by atoms with Crippen molar-refractivity contribution in [1.29, 1.82) is 5.26 Å². The topological polar surface area (TPSA) is 70.9 Å². The maximum atomic E-state index is 9.77. The molecule has 0 radical (unpaired) electrons. The summed E-state index contributed by atoms with van der Waals surface area (Å²) in [5.74, 6) is 1.46. The van der Waals surface area contributed by atoms with Gasteiger partial charge in [0, 0.05) is 0 Å². The summed E-state index contributed by atoms with van der Waals surface area (Å²) in [6.45, 7) is 4.46. The molecule has 0 bridgehead atoms. The highest BCUT2D eigenvalue weighted by molar-refractivity contribution is 6.32. The zero-order valence-electron chi connectivity index (χ0n) is 18.1. The van der Waals surface area contributed by atoms with Crippen molar-refractivity contribution in [2.24, 2.45) is 0 Å². The molecule has 4 rings (SSSR count). The number of halogens is 1. The number of aryl methyl sites for hydroxylation is 2. The van der Waals surface area contributed by atoms with Crippen LogP contribution in [0.1, 0.15) is 28.1 Å². The Morgan fingerprint density at radius 3 is 2.59 bits per heavy atom. The molecular formula is C26H22ClN3O2. The molecular weight excluding hydrogens is 422 g/mol. The van der Waals surface area contributed by atoms with Gasteiger partial charge in [0.1, 0.15) is 18.5 Å². The van der Waals surface area contributed by atoms with E-state index in [0.29, 0.717) is 40.1 Å². The van der Waals surface area contributed by atoms with Crippen LogP contribution in [0.5, 0.6) is 11.5 Å². The molecule has 0 unspecified atom stereocenters. The Morgan fingerprint density at radius 1 is 1.12 bits per heavy atom. The molecule has 160 valence electrons. The lowest BCUT2D eigenvalue weighted by atomic mass is 10.1. The first kappa shape index (κ1) is 21.5. The van der Waals surface area contributed by atoms with Crippen molar-refractivity contribution >= 4 is 34.3 Å². The first-order valence-corrected chi connectivity index (χ1v) is 10.5. The molecule has 1 heterocycles. The van der Waals surface area contributed by atoms with Crippen molar-refractivity contribution < 1.29 is 9.47 Å². The van der Waals surface area contributed by atoms with Crippen molar-refractivity contribution in [3.8, 4) is 17.6 Å². The molecule has 32 heavy (non-hydrogen) atoms. The Kier molecular flexibility index (Phi) is 6.16. The lowest BCUT2D eigenvalue weighted by Crippen LogP contribution is -1.99. The Balaban J connectivity index is 1.66. The zero-order chi connectivity index (χ0) is 22.7. The lowest BCUT2D eigenvalue weighted by molar-refractivity contribution is 0.284. The van der Waals surface area contributed by atoms with E-state index in [-0.39, 0.29) is 0 Å². The molecule has 0 fully saturated rings. The predicted molar refractivity (Wildman–Crippen MR) is 128 cm³/mol. The van der Waals surface area contributed by atoms with Crippen LogP contribution in [-0.2, 0) is 6.61 Å². The second kappa shape index (κ2) is 9.17. The molecule has 1 N–H and O–H groups in total. The van der Waals surface area contributed by atoms with Gasteiger partial charge in [0.05, 0.1) is 28.7 Å². The van der Waals surface area contributed by atoms with E-state index >= 15 is 0 Å². The highest BCUT2D eigenvalue weighted by Gasteiger charge is 2.14. The summed E-state index contributed by atoms with van der Waals surface area (Å²) < 4.78 is 11.4. The highest BCUT2D eigenvalue weighted by atomic mass is 35.5. The Morgan fingerprint density at radius 2 is 1.88 bits per heavy atom. The Hall–Kier alpha value is -3.75. The third-order valence-electron chi connectivity index (χ3n) is 5.26. The van der Waals surface area contributed by atoms with E-state index in [9.17, 15) is 5.26 Å². The molecule has 0 spiro atoms. The van der Waals surface area contributed by atoms with Crippen molar-refractivity contribution in [1.82, 2.24) is 9.97 Å². The maximum Gasteiger partial charge on any atom is 0.180 e. The van der Waals surface area contributed by atoms with Crippen molar-refractivity contribution in [2.45, 2.75) is 20.5 Å². The molecule has 0 saturated carbocycles. The molecule has 6 heteroatoms. The number of benzene rings is 3. The standard InChI is InChI=1S/C26H22ClN3O2/c1-16-9-22-23(10-17(16)2)30-26(29-22)20(14-28)11-19-12-21(27)25(24(13-19)31-3)32-15-18-7-5-4-6-8-18/h4-13H,15H2,1-3H3,(H,29,30). The van der Waals surface area contributed by atoms with Gasteiger partial charge in [-0.15, -0.1) is 0 Å². The van der Waals surface area contributed by atoms with Crippen molar-refractivity contribution in [3.05, 3.63) is 87.7 Å². The van der Waals surface area contributed by atoms with Crippen molar-refractivity contribution in [2.75, 3.05) is 7.11 Å². The minimum atomic E-state index is 0.368. The molecule has 0 atom stereocenters. The van der Waals surface area contributed by atoms with Gasteiger partial charge in [0.15, 0.2) is 11.5 Å². The Labute approximate surface area is 191 Å². The minimum Gasteiger partial charge on any atom is -0.493 e. The molecule has 0 saturated heterocycles. The van der Waals surface area contributed by atoms with Gasteiger partial charge < -0.3 is 14.5 Å². The molecule has 4 aromatic rings. The van der Waals surface area contributed by atoms with Crippen LogP contribution in [-0.4, -0.2) is 17.1 Å².